The maximum atomic E-state index is 13.4. The number of anilines is 1. The molecule has 0 spiro atoms. The molecule has 0 saturated heterocycles. The summed E-state index contributed by atoms with van der Waals surface area (Å²) in [4.78, 5) is 27.9. The summed E-state index contributed by atoms with van der Waals surface area (Å²) in [6.45, 7) is 7.91. The second kappa shape index (κ2) is 13.3. The van der Waals surface area contributed by atoms with Gasteiger partial charge in [-0.25, -0.2) is 8.42 Å². The van der Waals surface area contributed by atoms with Crippen LogP contribution in [0.4, 0.5) is 5.69 Å². The lowest BCUT2D eigenvalue weighted by Gasteiger charge is -2.31. The predicted molar refractivity (Wildman–Crippen MR) is 147 cm³/mol. The van der Waals surface area contributed by atoms with E-state index in [-0.39, 0.29) is 54.5 Å². The molecule has 0 aromatic heterocycles. The van der Waals surface area contributed by atoms with Gasteiger partial charge in [0.05, 0.1) is 17.0 Å². The number of rotatable bonds is 12. The van der Waals surface area contributed by atoms with Gasteiger partial charge in [-0.15, -0.1) is 0 Å². The number of aryl methyl sites for hydroxylation is 1. The molecule has 0 aliphatic carbocycles. The van der Waals surface area contributed by atoms with E-state index >= 15 is 0 Å². The van der Waals surface area contributed by atoms with Gasteiger partial charge in [0, 0.05) is 30.6 Å². The first-order valence-electron chi connectivity index (χ1n) is 11.9. The highest BCUT2D eigenvalue weighted by molar-refractivity contribution is 7.92. The van der Waals surface area contributed by atoms with Crippen LogP contribution < -0.4 is 9.62 Å². The van der Waals surface area contributed by atoms with Gasteiger partial charge < -0.3 is 10.2 Å². The molecule has 1 unspecified atom stereocenters. The van der Waals surface area contributed by atoms with Crippen LogP contribution in [0.1, 0.15) is 51.2 Å². The first-order chi connectivity index (χ1) is 16.8. The Morgan fingerprint density at radius 1 is 1.06 bits per heavy atom. The van der Waals surface area contributed by atoms with Crippen molar-refractivity contribution in [3.05, 3.63) is 63.6 Å². The Kier molecular flexibility index (Phi) is 11.1. The van der Waals surface area contributed by atoms with Crippen molar-refractivity contribution in [1.82, 2.24) is 10.2 Å². The van der Waals surface area contributed by atoms with Gasteiger partial charge in [-0.05, 0) is 57.4 Å². The monoisotopic (exact) mass is 555 g/mol. The summed E-state index contributed by atoms with van der Waals surface area (Å²) in [6.07, 6.45) is 1.83. The number of hydrogen-bond donors (Lipinski definition) is 1. The minimum Gasteiger partial charge on any atom is -0.352 e. The molecule has 1 atom stereocenters. The van der Waals surface area contributed by atoms with Crippen LogP contribution in [0.25, 0.3) is 0 Å². The highest BCUT2D eigenvalue weighted by Gasteiger charge is 2.29. The zero-order chi connectivity index (χ0) is 27.0. The molecular weight excluding hydrogens is 521 g/mol. The second-order valence-corrected chi connectivity index (χ2v) is 11.9. The smallest absolute Gasteiger partial charge is 0.243 e. The van der Waals surface area contributed by atoms with Gasteiger partial charge in [-0.2, -0.15) is 0 Å². The summed E-state index contributed by atoms with van der Waals surface area (Å²) in [7, 11) is -3.67. The first kappa shape index (κ1) is 29.9. The summed E-state index contributed by atoms with van der Waals surface area (Å²) in [6, 6.07) is 11.7. The molecule has 2 aromatic carbocycles. The lowest BCUT2D eigenvalue weighted by atomic mass is 10.1. The minimum absolute atomic E-state index is 0.0397. The first-order valence-corrected chi connectivity index (χ1v) is 14.5. The normalized spacial score (nSPS) is 12.3. The van der Waals surface area contributed by atoms with E-state index < -0.39 is 16.1 Å². The van der Waals surface area contributed by atoms with Crippen molar-refractivity contribution >= 4 is 50.7 Å². The van der Waals surface area contributed by atoms with Gasteiger partial charge >= 0.3 is 0 Å². The molecule has 0 saturated carbocycles. The van der Waals surface area contributed by atoms with Gasteiger partial charge in [0.25, 0.3) is 0 Å². The summed E-state index contributed by atoms with van der Waals surface area (Å²) < 4.78 is 26.1. The van der Waals surface area contributed by atoms with E-state index in [0.29, 0.717) is 11.4 Å². The Morgan fingerprint density at radius 2 is 1.69 bits per heavy atom. The molecular formula is C26H35Cl2N3O4S. The summed E-state index contributed by atoms with van der Waals surface area (Å²) in [5.41, 5.74) is 2.27. The summed E-state index contributed by atoms with van der Waals surface area (Å²) >= 11 is 12.3. The van der Waals surface area contributed by atoms with Gasteiger partial charge in [0.15, 0.2) is 0 Å². The van der Waals surface area contributed by atoms with Crippen LogP contribution in [0.15, 0.2) is 42.5 Å². The number of benzene rings is 2. The van der Waals surface area contributed by atoms with E-state index in [2.05, 4.69) is 5.32 Å². The Bertz CT molecular complexity index is 1150. The second-order valence-electron chi connectivity index (χ2n) is 9.13. The van der Waals surface area contributed by atoms with Crippen molar-refractivity contribution in [1.29, 1.82) is 0 Å². The third-order valence-electron chi connectivity index (χ3n) is 5.62. The van der Waals surface area contributed by atoms with Crippen LogP contribution in [-0.4, -0.2) is 50.0 Å². The van der Waals surface area contributed by atoms with E-state index in [1.165, 1.54) is 12.1 Å². The molecule has 0 aliphatic heterocycles. The van der Waals surface area contributed by atoms with Crippen LogP contribution in [0.5, 0.6) is 0 Å². The van der Waals surface area contributed by atoms with Crippen LogP contribution in [0, 0.1) is 6.92 Å². The van der Waals surface area contributed by atoms with Crippen molar-refractivity contribution in [2.75, 3.05) is 17.1 Å². The zero-order valence-electron chi connectivity index (χ0n) is 21.4. The Hall–Kier alpha value is -2.29. The number of sulfonamides is 1. The van der Waals surface area contributed by atoms with Gasteiger partial charge in [0.2, 0.25) is 21.8 Å². The Labute approximate surface area is 224 Å². The van der Waals surface area contributed by atoms with Crippen LogP contribution in [0.3, 0.4) is 0 Å². The Balaban J connectivity index is 2.24. The van der Waals surface area contributed by atoms with Gasteiger partial charge in [-0.1, -0.05) is 60.0 Å². The fraction of sp³-hybridized carbons (Fsp3) is 0.462. The maximum Gasteiger partial charge on any atom is 0.243 e. The molecule has 2 rings (SSSR count). The predicted octanol–water partition coefficient (Wildman–Crippen LogP) is 5.18. The molecule has 1 N–H and O–H groups in total. The third-order valence-corrected chi connectivity index (χ3v) is 7.35. The quantitative estimate of drug-likeness (QED) is 0.391. The molecule has 36 heavy (non-hydrogen) atoms. The van der Waals surface area contributed by atoms with Crippen molar-refractivity contribution < 1.29 is 18.0 Å². The number of nitrogens with one attached hydrogen (secondary N) is 1. The average molecular weight is 557 g/mol. The molecule has 2 amide bonds. The van der Waals surface area contributed by atoms with E-state index in [4.69, 9.17) is 23.2 Å². The molecule has 7 nitrogen and oxygen atoms in total. The highest BCUT2D eigenvalue weighted by atomic mass is 35.5. The molecule has 0 radical (unpaired) electrons. The van der Waals surface area contributed by atoms with Crippen molar-refractivity contribution in [2.45, 2.75) is 65.6 Å². The van der Waals surface area contributed by atoms with E-state index in [9.17, 15) is 18.0 Å². The van der Waals surface area contributed by atoms with E-state index in [1.807, 2.05) is 52.0 Å². The molecule has 198 valence electrons. The fourth-order valence-electron chi connectivity index (χ4n) is 3.85. The highest BCUT2D eigenvalue weighted by Crippen LogP contribution is 2.31. The van der Waals surface area contributed by atoms with Crippen molar-refractivity contribution in [2.24, 2.45) is 0 Å². The number of carbonyl (C=O) groups excluding carboxylic acids is 2. The van der Waals surface area contributed by atoms with Crippen LogP contribution in [-0.2, 0) is 26.2 Å². The summed E-state index contributed by atoms with van der Waals surface area (Å²) in [5, 5.41) is 3.50. The number of nitrogens with zero attached hydrogens (tertiary/aromatic N) is 2. The van der Waals surface area contributed by atoms with Crippen molar-refractivity contribution in [3.8, 4) is 0 Å². The SMILES string of the molecule is CCC(C(=O)NC(C)C)N(Cc1ccc(C)cc1)C(=O)CCCN(c1cc(Cl)ccc1Cl)S(C)(=O)=O. The summed E-state index contributed by atoms with van der Waals surface area (Å²) in [5.74, 6) is -0.441. The lowest BCUT2D eigenvalue weighted by Crippen LogP contribution is -2.50. The molecule has 0 bridgehead atoms. The lowest BCUT2D eigenvalue weighted by molar-refractivity contribution is -0.141. The molecule has 2 aromatic rings. The molecule has 0 heterocycles. The van der Waals surface area contributed by atoms with E-state index in [0.717, 1.165) is 21.7 Å². The number of amides is 2. The van der Waals surface area contributed by atoms with Gasteiger partial charge in [0.1, 0.15) is 6.04 Å². The van der Waals surface area contributed by atoms with Crippen molar-refractivity contribution in [3.63, 3.8) is 0 Å². The molecule has 10 heteroatoms. The average Bonchev–Trinajstić information content (AvgIpc) is 2.78. The topological polar surface area (TPSA) is 86.8 Å². The van der Waals surface area contributed by atoms with Crippen LogP contribution >= 0.6 is 23.2 Å². The van der Waals surface area contributed by atoms with Crippen LogP contribution in [0.2, 0.25) is 10.0 Å². The number of hydrogen-bond acceptors (Lipinski definition) is 4. The number of halogens is 2. The minimum atomic E-state index is -3.67. The van der Waals surface area contributed by atoms with E-state index in [1.54, 1.807) is 11.0 Å². The number of carbonyl (C=O) groups is 2. The largest absolute Gasteiger partial charge is 0.352 e. The molecule has 0 aliphatic rings. The van der Waals surface area contributed by atoms with Gasteiger partial charge in [-0.3, -0.25) is 13.9 Å². The third kappa shape index (κ3) is 8.68. The maximum absolute atomic E-state index is 13.4. The standard InChI is InChI=1S/C26H35Cl2N3O4S/c1-6-23(26(33)29-18(2)3)30(17-20-11-9-19(4)10-12-20)25(32)8-7-15-31(36(5,34)35)24-16-21(27)13-14-22(24)28/h9-14,16,18,23H,6-8,15,17H2,1-5H3,(H,29,33). The fourth-order valence-corrected chi connectivity index (χ4v) is 5.25. The Morgan fingerprint density at radius 3 is 2.25 bits per heavy atom. The molecule has 0 fully saturated rings. The zero-order valence-corrected chi connectivity index (χ0v) is 23.8.